The number of benzene rings is 1. The van der Waals surface area contributed by atoms with Gasteiger partial charge in [0.25, 0.3) is 0 Å². The summed E-state index contributed by atoms with van der Waals surface area (Å²) < 4.78 is 5.56. The molecule has 90 valence electrons. The van der Waals surface area contributed by atoms with Gasteiger partial charge in [-0.05, 0) is 37.0 Å². The Bertz CT molecular complexity index is 315. The number of phenols is 1. The maximum absolute atomic E-state index is 9.71. The summed E-state index contributed by atoms with van der Waals surface area (Å²) in [6.07, 6.45) is 3.24. The van der Waals surface area contributed by atoms with E-state index in [-0.39, 0.29) is 6.10 Å². The molecule has 1 unspecified atom stereocenters. The minimum absolute atomic E-state index is 0.112. The molecule has 1 N–H and O–H groups in total. The molecule has 1 aromatic carbocycles. The maximum atomic E-state index is 9.71. The fourth-order valence-electron chi connectivity index (χ4n) is 1.90. The van der Waals surface area contributed by atoms with Crippen molar-refractivity contribution in [2.75, 3.05) is 6.61 Å². The van der Waals surface area contributed by atoms with Crippen LogP contribution in [0.25, 0.3) is 0 Å². The van der Waals surface area contributed by atoms with Crippen molar-refractivity contribution < 1.29 is 9.84 Å². The predicted octanol–water partition coefficient (Wildman–Crippen LogP) is 3.83. The molecule has 0 radical (unpaired) electrons. The Hall–Kier alpha value is -1.02. The summed E-state index contributed by atoms with van der Waals surface area (Å²) >= 11 is 0. The second kappa shape index (κ2) is 6.54. The van der Waals surface area contributed by atoms with Crippen LogP contribution in [-0.2, 0) is 11.2 Å². The highest BCUT2D eigenvalue weighted by Crippen LogP contribution is 2.34. The Morgan fingerprint density at radius 2 is 2.12 bits per heavy atom. The SMILES string of the molecule is CC.CCc1ccc(O)c(C2CCCO2)c1. The fourth-order valence-corrected chi connectivity index (χ4v) is 1.90. The molecule has 1 aromatic rings. The average molecular weight is 222 g/mol. The molecule has 2 rings (SSSR count). The van der Waals surface area contributed by atoms with Crippen LogP contribution in [0, 0.1) is 0 Å². The van der Waals surface area contributed by atoms with Crippen LogP contribution in [0.3, 0.4) is 0 Å². The van der Waals surface area contributed by atoms with Gasteiger partial charge in [-0.2, -0.15) is 0 Å². The van der Waals surface area contributed by atoms with Gasteiger partial charge in [0.05, 0.1) is 6.10 Å². The number of ether oxygens (including phenoxy) is 1. The van der Waals surface area contributed by atoms with Gasteiger partial charge in [0.1, 0.15) is 5.75 Å². The van der Waals surface area contributed by atoms with E-state index in [4.69, 9.17) is 4.74 Å². The number of rotatable bonds is 2. The molecule has 0 aliphatic carbocycles. The molecule has 0 saturated carbocycles. The smallest absolute Gasteiger partial charge is 0.121 e. The molecular formula is C14H22O2. The Morgan fingerprint density at radius 1 is 1.38 bits per heavy atom. The van der Waals surface area contributed by atoms with E-state index in [1.54, 1.807) is 6.07 Å². The summed E-state index contributed by atoms with van der Waals surface area (Å²) in [5.74, 6) is 0.370. The molecule has 1 atom stereocenters. The zero-order valence-corrected chi connectivity index (χ0v) is 10.5. The average Bonchev–Trinajstić information content (AvgIpc) is 2.86. The number of hydrogen-bond donors (Lipinski definition) is 1. The Balaban J connectivity index is 0.000000606. The van der Waals surface area contributed by atoms with E-state index >= 15 is 0 Å². The van der Waals surface area contributed by atoms with Gasteiger partial charge in [0.2, 0.25) is 0 Å². The van der Waals surface area contributed by atoms with Gasteiger partial charge < -0.3 is 9.84 Å². The topological polar surface area (TPSA) is 29.5 Å². The predicted molar refractivity (Wildman–Crippen MR) is 66.8 cm³/mol. The quantitative estimate of drug-likeness (QED) is 0.824. The standard InChI is InChI=1S/C12H16O2.C2H6/c1-2-9-5-6-11(13)10(8-9)12-4-3-7-14-12;1-2/h5-6,8,12-13H,2-4,7H2,1H3;1-2H3. The van der Waals surface area contributed by atoms with Crippen molar-refractivity contribution >= 4 is 0 Å². The minimum Gasteiger partial charge on any atom is -0.508 e. The third kappa shape index (κ3) is 2.99. The summed E-state index contributed by atoms with van der Waals surface area (Å²) in [6.45, 7) is 6.94. The van der Waals surface area contributed by atoms with Crippen LogP contribution in [0.5, 0.6) is 5.75 Å². The lowest BCUT2D eigenvalue weighted by Crippen LogP contribution is -1.97. The lowest BCUT2D eigenvalue weighted by Gasteiger charge is -2.12. The van der Waals surface area contributed by atoms with Gasteiger partial charge in [-0.1, -0.05) is 26.8 Å². The third-order valence-corrected chi connectivity index (χ3v) is 2.78. The van der Waals surface area contributed by atoms with Gasteiger partial charge >= 0.3 is 0 Å². The Kier molecular flexibility index (Phi) is 5.33. The lowest BCUT2D eigenvalue weighted by atomic mass is 10.0. The number of aryl methyl sites for hydroxylation is 1. The molecule has 1 fully saturated rings. The highest BCUT2D eigenvalue weighted by Gasteiger charge is 2.20. The van der Waals surface area contributed by atoms with E-state index in [0.717, 1.165) is 31.4 Å². The van der Waals surface area contributed by atoms with Gasteiger partial charge in [-0.25, -0.2) is 0 Å². The normalized spacial score (nSPS) is 19.1. The first-order valence-electron chi connectivity index (χ1n) is 6.24. The summed E-state index contributed by atoms with van der Waals surface area (Å²) in [5.41, 5.74) is 2.22. The molecule has 2 heteroatoms. The third-order valence-electron chi connectivity index (χ3n) is 2.78. The summed E-state index contributed by atoms with van der Waals surface area (Å²) in [6, 6.07) is 5.80. The minimum atomic E-state index is 0.112. The molecule has 0 bridgehead atoms. The largest absolute Gasteiger partial charge is 0.508 e. The van der Waals surface area contributed by atoms with Crippen molar-refractivity contribution in [2.45, 2.75) is 46.1 Å². The molecule has 1 saturated heterocycles. The van der Waals surface area contributed by atoms with Crippen LogP contribution in [0.1, 0.15) is 50.8 Å². The van der Waals surface area contributed by atoms with Gasteiger partial charge in [-0.15, -0.1) is 0 Å². The van der Waals surface area contributed by atoms with Crippen molar-refractivity contribution in [3.05, 3.63) is 29.3 Å². The van der Waals surface area contributed by atoms with Crippen molar-refractivity contribution in [1.82, 2.24) is 0 Å². The number of hydrogen-bond acceptors (Lipinski definition) is 2. The van der Waals surface area contributed by atoms with Crippen LogP contribution in [-0.4, -0.2) is 11.7 Å². The molecule has 2 nitrogen and oxygen atoms in total. The number of phenolic OH excluding ortho intramolecular Hbond substituents is 1. The van der Waals surface area contributed by atoms with E-state index in [2.05, 4.69) is 13.0 Å². The monoisotopic (exact) mass is 222 g/mol. The maximum Gasteiger partial charge on any atom is 0.121 e. The summed E-state index contributed by atoms with van der Waals surface area (Å²) in [5, 5.41) is 9.71. The van der Waals surface area contributed by atoms with Crippen LogP contribution < -0.4 is 0 Å². The zero-order valence-electron chi connectivity index (χ0n) is 10.5. The first kappa shape index (κ1) is 13.0. The van der Waals surface area contributed by atoms with Crippen LogP contribution >= 0.6 is 0 Å². The zero-order chi connectivity index (χ0) is 12.0. The van der Waals surface area contributed by atoms with Crippen molar-refractivity contribution in [3.63, 3.8) is 0 Å². The number of aromatic hydroxyl groups is 1. The molecule has 0 amide bonds. The first-order chi connectivity index (χ1) is 7.81. The van der Waals surface area contributed by atoms with Gasteiger partial charge in [0.15, 0.2) is 0 Å². The van der Waals surface area contributed by atoms with Gasteiger partial charge in [0, 0.05) is 12.2 Å². The van der Waals surface area contributed by atoms with Crippen molar-refractivity contribution in [1.29, 1.82) is 0 Å². The van der Waals surface area contributed by atoms with E-state index < -0.39 is 0 Å². The molecule has 1 aliphatic heterocycles. The molecule has 0 aromatic heterocycles. The van der Waals surface area contributed by atoms with E-state index in [0.29, 0.717) is 5.75 Å². The second-order valence-electron chi connectivity index (χ2n) is 3.75. The van der Waals surface area contributed by atoms with Crippen LogP contribution in [0.2, 0.25) is 0 Å². The van der Waals surface area contributed by atoms with Gasteiger partial charge in [-0.3, -0.25) is 0 Å². The van der Waals surface area contributed by atoms with Crippen LogP contribution in [0.15, 0.2) is 18.2 Å². The van der Waals surface area contributed by atoms with Crippen LogP contribution in [0.4, 0.5) is 0 Å². The Labute approximate surface area is 98.3 Å². The molecule has 1 aliphatic rings. The van der Waals surface area contributed by atoms with E-state index in [1.807, 2.05) is 19.9 Å². The molecular weight excluding hydrogens is 200 g/mol. The van der Waals surface area contributed by atoms with Crippen molar-refractivity contribution in [3.8, 4) is 5.75 Å². The van der Waals surface area contributed by atoms with E-state index in [9.17, 15) is 5.11 Å². The second-order valence-corrected chi connectivity index (χ2v) is 3.75. The Morgan fingerprint density at radius 3 is 2.69 bits per heavy atom. The van der Waals surface area contributed by atoms with E-state index in [1.165, 1.54) is 5.56 Å². The summed E-state index contributed by atoms with van der Waals surface area (Å²) in [4.78, 5) is 0. The first-order valence-corrected chi connectivity index (χ1v) is 6.24. The molecule has 1 heterocycles. The molecule has 0 spiro atoms. The van der Waals surface area contributed by atoms with Crippen molar-refractivity contribution in [2.24, 2.45) is 0 Å². The highest BCUT2D eigenvalue weighted by molar-refractivity contribution is 5.38. The highest BCUT2D eigenvalue weighted by atomic mass is 16.5. The summed E-state index contributed by atoms with van der Waals surface area (Å²) in [7, 11) is 0. The lowest BCUT2D eigenvalue weighted by molar-refractivity contribution is 0.109. The molecule has 16 heavy (non-hydrogen) atoms. The fraction of sp³-hybridized carbons (Fsp3) is 0.571.